The number of benzene rings is 2. The zero-order valence-electron chi connectivity index (χ0n) is 16.9. The van der Waals surface area contributed by atoms with Crippen LogP contribution in [0, 0.1) is 24.1 Å². The summed E-state index contributed by atoms with van der Waals surface area (Å²) in [7, 11) is 0. The first-order valence-electron chi connectivity index (χ1n) is 9.28. The number of nitrogens with zero attached hydrogens (tertiary/aromatic N) is 1. The lowest BCUT2D eigenvalue weighted by Crippen LogP contribution is -2.34. The van der Waals surface area contributed by atoms with Crippen LogP contribution in [0.15, 0.2) is 41.5 Å². The molecule has 0 fully saturated rings. The van der Waals surface area contributed by atoms with Gasteiger partial charge in [0.15, 0.2) is 11.5 Å². The molecule has 9 heteroatoms. The zero-order valence-corrected chi connectivity index (χ0v) is 17.7. The summed E-state index contributed by atoms with van der Waals surface area (Å²) in [6, 6.07) is 8.83. The highest BCUT2D eigenvalue weighted by atomic mass is 35.5. The molecule has 2 aromatic carbocycles. The standard InChI is InChI=1S/C22H21ClFN3O4/c1-4-10-31-20-16(23)11-15(12-19(20)30-5-2)13-25-27-22(29)14(3)21(28)26-18-9-7-6-8-17(18)24/h1,6-9,11-14H,5,10H2,2-3H3,(H,26,28)(H,27,29). The van der Waals surface area contributed by atoms with E-state index in [1.54, 1.807) is 25.1 Å². The first kappa shape index (κ1) is 23.7. The van der Waals surface area contributed by atoms with E-state index >= 15 is 0 Å². The second-order valence-corrected chi connectivity index (χ2v) is 6.59. The van der Waals surface area contributed by atoms with E-state index in [4.69, 9.17) is 27.5 Å². The monoisotopic (exact) mass is 445 g/mol. The third-order valence-electron chi connectivity index (χ3n) is 3.94. The molecule has 0 spiro atoms. The Kier molecular flexibility index (Phi) is 8.85. The van der Waals surface area contributed by atoms with Gasteiger partial charge in [-0.15, -0.1) is 6.42 Å². The molecule has 0 aromatic heterocycles. The van der Waals surface area contributed by atoms with Crippen molar-refractivity contribution in [2.75, 3.05) is 18.5 Å². The summed E-state index contributed by atoms with van der Waals surface area (Å²) < 4.78 is 24.6. The second-order valence-electron chi connectivity index (χ2n) is 6.18. The molecule has 162 valence electrons. The normalized spacial score (nSPS) is 11.5. The number of ether oxygens (including phenoxy) is 2. The van der Waals surface area contributed by atoms with E-state index in [-0.39, 0.29) is 17.3 Å². The number of hydrogen-bond donors (Lipinski definition) is 2. The van der Waals surface area contributed by atoms with Crippen molar-refractivity contribution >= 4 is 35.3 Å². The van der Waals surface area contributed by atoms with Crippen LogP contribution >= 0.6 is 11.6 Å². The number of para-hydroxylation sites is 1. The Morgan fingerprint density at radius 1 is 1.29 bits per heavy atom. The van der Waals surface area contributed by atoms with Gasteiger partial charge in [0, 0.05) is 0 Å². The summed E-state index contributed by atoms with van der Waals surface area (Å²) in [5.74, 6) is -0.0281. The molecule has 31 heavy (non-hydrogen) atoms. The van der Waals surface area contributed by atoms with Crippen LogP contribution in [0.4, 0.5) is 10.1 Å². The van der Waals surface area contributed by atoms with Gasteiger partial charge in [-0.3, -0.25) is 9.59 Å². The Morgan fingerprint density at radius 2 is 2.03 bits per heavy atom. The topological polar surface area (TPSA) is 89.0 Å². The third kappa shape index (κ3) is 6.73. The average Bonchev–Trinajstić information content (AvgIpc) is 2.74. The van der Waals surface area contributed by atoms with Gasteiger partial charge in [0.2, 0.25) is 5.91 Å². The van der Waals surface area contributed by atoms with Gasteiger partial charge in [-0.2, -0.15) is 5.10 Å². The highest BCUT2D eigenvalue weighted by molar-refractivity contribution is 6.32. The van der Waals surface area contributed by atoms with Crippen molar-refractivity contribution in [1.29, 1.82) is 0 Å². The number of halogens is 2. The Balaban J connectivity index is 2.03. The van der Waals surface area contributed by atoms with Crippen LogP contribution in [0.5, 0.6) is 11.5 Å². The first-order valence-corrected chi connectivity index (χ1v) is 9.66. The summed E-state index contributed by atoms with van der Waals surface area (Å²) in [4.78, 5) is 24.4. The number of carbonyl (C=O) groups excluding carboxylic acids is 2. The second kappa shape index (κ2) is 11.6. The van der Waals surface area contributed by atoms with Gasteiger partial charge >= 0.3 is 0 Å². The van der Waals surface area contributed by atoms with Crippen LogP contribution in [0.3, 0.4) is 0 Å². The summed E-state index contributed by atoms with van der Waals surface area (Å²) in [6.07, 6.45) is 6.54. The summed E-state index contributed by atoms with van der Waals surface area (Å²) in [5.41, 5.74) is 2.77. The van der Waals surface area contributed by atoms with E-state index in [2.05, 4.69) is 21.8 Å². The number of hydrogen-bond acceptors (Lipinski definition) is 5. The predicted octanol–water partition coefficient (Wildman–Crippen LogP) is 3.61. The average molecular weight is 446 g/mol. The van der Waals surface area contributed by atoms with Gasteiger partial charge in [0.05, 0.1) is 23.5 Å². The van der Waals surface area contributed by atoms with E-state index in [1.165, 1.54) is 31.3 Å². The number of hydrazone groups is 1. The number of carbonyl (C=O) groups is 2. The Bertz CT molecular complexity index is 1020. The van der Waals surface area contributed by atoms with Crippen molar-refractivity contribution in [2.24, 2.45) is 11.0 Å². The van der Waals surface area contributed by atoms with Crippen molar-refractivity contribution in [3.05, 3.63) is 52.8 Å². The molecule has 0 aliphatic heterocycles. The Labute approximate surface area is 184 Å². The Morgan fingerprint density at radius 3 is 2.71 bits per heavy atom. The molecule has 2 amide bonds. The minimum atomic E-state index is -1.11. The molecule has 0 bridgehead atoms. The minimum Gasteiger partial charge on any atom is -0.490 e. The lowest BCUT2D eigenvalue weighted by atomic mass is 10.1. The van der Waals surface area contributed by atoms with Crippen LogP contribution in [0.1, 0.15) is 19.4 Å². The lowest BCUT2D eigenvalue weighted by Gasteiger charge is -2.13. The molecular weight excluding hydrogens is 425 g/mol. The molecule has 1 unspecified atom stereocenters. The van der Waals surface area contributed by atoms with Gasteiger partial charge in [-0.05, 0) is 43.7 Å². The number of terminal acetylenes is 1. The quantitative estimate of drug-likeness (QED) is 0.267. The fourth-order valence-electron chi connectivity index (χ4n) is 2.37. The molecule has 0 heterocycles. The van der Waals surface area contributed by atoms with Crippen LogP contribution in [0.25, 0.3) is 0 Å². The SMILES string of the molecule is C#CCOc1c(Cl)cc(C=NNC(=O)C(C)C(=O)Nc2ccccc2F)cc1OCC. The fraction of sp³-hybridized carbons (Fsp3) is 0.227. The highest BCUT2D eigenvalue weighted by Gasteiger charge is 2.22. The number of rotatable bonds is 9. The highest BCUT2D eigenvalue weighted by Crippen LogP contribution is 2.36. The Hall–Kier alpha value is -3.57. The van der Waals surface area contributed by atoms with Gasteiger partial charge < -0.3 is 14.8 Å². The predicted molar refractivity (Wildman–Crippen MR) is 117 cm³/mol. The smallest absolute Gasteiger partial charge is 0.252 e. The van der Waals surface area contributed by atoms with Crippen LogP contribution in [-0.4, -0.2) is 31.2 Å². The van der Waals surface area contributed by atoms with Crippen molar-refractivity contribution < 1.29 is 23.5 Å². The van der Waals surface area contributed by atoms with Crippen LogP contribution in [0.2, 0.25) is 5.02 Å². The van der Waals surface area contributed by atoms with E-state index in [0.717, 1.165) is 0 Å². The molecule has 0 saturated heterocycles. The van der Waals surface area contributed by atoms with Crippen molar-refractivity contribution in [3.8, 4) is 23.8 Å². The molecule has 0 radical (unpaired) electrons. The maximum absolute atomic E-state index is 13.6. The number of anilines is 1. The molecule has 0 aliphatic rings. The van der Waals surface area contributed by atoms with Gasteiger partial charge in [-0.25, -0.2) is 9.82 Å². The van der Waals surface area contributed by atoms with E-state index in [0.29, 0.717) is 23.7 Å². The molecule has 1 atom stereocenters. The van der Waals surface area contributed by atoms with Gasteiger partial charge in [-0.1, -0.05) is 29.7 Å². The zero-order chi connectivity index (χ0) is 22.8. The summed E-state index contributed by atoms with van der Waals surface area (Å²) in [5, 5.41) is 6.46. The summed E-state index contributed by atoms with van der Waals surface area (Å²) in [6.45, 7) is 3.57. The minimum absolute atomic E-state index is 0.0131. The molecule has 2 rings (SSSR count). The summed E-state index contributed by atoms with van der Waals surface area (Å²) >= 11 is 6.22. The molecule has 7 nitrogen and oxygen atoms in total. The van der Waals surface area contributed by atoms with E-state index in [1.807, 2.05) is 0 Å². The number of nitrogens with one attached hydrogen (secondary N) is 2. The molecule has 2 aromatic rings. The van der Waals surface area contributed by atoms with Gasteiger partial charge in [0.1, 0.15) is 18.3 Å². The van der Waals surface area contributed by atoms with E-state index in [9.17, 15) is 14.0 Å². The maximum Gasteiger partial charge on any atom is 0.252 e. The number of amides is 2. The first-order chi connectivity index (χ1) is 14.9. The van der Waals surface area contributed by atoms with E-state index < -0.39 is 23.5 Å². The van der Waals surface area contributed by atoms with Crippen molar-refractivity contribution in [3.63, 3.8) is 0 Å². The molecule has 0 saturated carbocycles. The third-order valence-corrected chi connectivity index (χ3v) is 4.22. The van der Waals surface area contributed by atoms with Gasteiger partial charge in [0.25, 0.3) is 5.91 Å². The molecular formula is C22H21ClFN3O4. The van der Waals surface area contributed by atoms with Crippen LogP contribution in [-0.2, 0) is 9.59 Å². The maximum atomic E-state index is 13.6. The van der Waals surface area contributed by atoms with Crippen LogP contribution < -0.4 is 20.2 Å². The molecule has 0 aliphatic carbocycles. The van der Waals surface area contributed by atoms with Crippen molar-refractivity contribution in [2.45, 2.75) is 13.8 Å². The largest absolute Gasteiger partial charge is 0.490 e. The van der Waals surface area contributed by atoms with Crippen molar-refractivity contribution in [1.82, 2.24) is 5.43 Å². The molecule has 2 N–H and O–H groups in total. The fourth-order valence-corrected chi connectivity index (χ4v) is 2.64. The lowest BCUT2D eigenvalue weighted by molar-refractivity contribution is -0.131.